The van der Waals surface area contributed by atoms with Gasteiger partial charge >= 0.3 is 0 Å². The minimum atomic E-state index is -0.344. The highest BCUT2D eigenvalue weighted by molar-refractivity contribution is 5.92. The fourth-order valence-corrected chi connectivity index (χ4v) is 5.31. The van der Waals surface area contributed by atoms with Crippen LogP contribution < -0.4 is 5.73 Å². The van der Waals surface area contributed by atoms with E-state index in [9.17, 15) is 4.79 Å². The lowest BCUT2D eigenvalue weighted by molar-refractivity contribution is 0.0999. The molecule has 154 valence electrons. The van der Waals surface area contributed by atoms with Gasteiger partial charge in [-0.3, -0.25) is 9.69 Å². The third-order valence-corrected chi connectivity index (χ3v) is 6.77. The number of hydrogen-bond donors (Lipinski definition) is 1. The second-order valence-electron chi connectivity index (χ2n) is 8.74. The second kappa shape index (κ2) is 8.07. The molecule has 2 aromatic carbocycles. The van der Waals surface area contributed by atoms with Crippen LogP contribution >= 0.6 is 0 Å². The van der Waals surface area contributed by atoms with Gasteiger partial charge in [0, 0.05) is 36.9 Å². The summed E-state index contributed by atoms with van der Waals surface area (Å²) >= 11 is 0. The Bertz CT molecular complexity index is 1010. The van der Waals surface area contributed by atoms with Crippen molar-refractivity contribution in [3.63, 3.8) is 0 Å². The highest BCUT2D eigenvalue weighted by Gasteiger charge is 2.41. The molecule has 0 radical (unpaired) electrons. The van der Waals surface area contributed by atoms with Crippen LogP contribution in [0.2, 0.25) is 0 Å². The molecule has 2 N–H and O–H groups in total. The molecule has 3 atom stereocenters. The molecule has 30 heavy (non-hydrogen) atoms. The number of fused-ring (bicyclic) bond motifs is 2. The number of imidazole rings is 1. The molecule has 2 fully saturated rings. The van der Waals surface area contributed by atoms with Crippen molar-refractivity contribution >= 4 is 5.91 Å². The Balaban J connectivity index is 1.25. The van der Waals surface area contributed by atoms with Crippen molar-refractivity contribution in [1.29, 1.82) is 0 Å². The number of amides is 1. The van der Waals surface area contributed by atoms with Gasteiger partial charge in [0.1, 0.15) is 0 Å². The zero-order chi connectivity index (χ0) is 20.5. The highest BCUT2D eigenvalue weighted by atomic mass is 16.1. The van der Waals surface area contributed by atoms with Crippen LogP contribution in [0.1, 0.15) is 58.8 Å². The second-order valence-corrected chi connectivity index (χ2v) is 8.74. The van der Waals surface area contributed by atoms with E-state index in [2.05, 4.69) is 51.0 Å². The summed E-state index contributed by atoms with van der Waals surface area (Å²) in [6.07, 6.45) is 8.93. The fraction of sp³-hybridized carbons (Fsp3) is 0.360. The van der Waals surface area contributed by atoms with Gasteiger partial charge in [-0.1, -0.05) is 42.5 Å². The van der Waals surface area contributed by atoms with E-state index in [0.717, 1.165) is 31.6 Å². The summed E-state index contributed by atoms with van der Waals surface area (Å²) in [5, 5.41) is 0. The number of benzene rings is 2. The van der Waals surface area contributed by atoms with Gasteiger partial charge in [0.05, 0.1) is 12.0 Å². The van der Waals surface area contributed by atoms with Crippen LogP contribution in [0, 0.1) is 0 Å². The minimum absolute atomic E-state index is 0.344. The first-order chi connectivity index (χ1) is 14.7. The van der Waals surface area contributed by atoms with Crippen molar-refractivity contribution in [2.75, 3.05) is 0 Å². The van der Waals surface area contributed by atoms with E-state index < -0.39 is 0 Å². The maximum Gasteiger partial charge on any atom is 0.248 e. The normalized spacial score (nSPS) is 23.5. The molecule has 5 heteroatoms. The Morgan fingerprint density at radius 2 is 1.77 bits per heavy atom. The van der Waals surface area contributed by atoms with Crippen molar-refractivity contribution in [2.45, 2.75) is 56.8 Å². The summed E-state index contributed by atoms with van der Waals surface area (Å²) in [7, 11) is 0. The summed E-state index contributed by atoms with van der Waals surface area (Å²) in [6, 6.07) is 19.6. The third-order valence-electron chi connectivity index (χ3n) is 6.77. The quantitative estimate of drug-likeness (QED) is 0.682. The molecule has 0 aliphatic carbocycles. The number of nitrogens with zero attached hydrogens (tertiary/aromatic N) is 3. The van der Waals surface area contributed by atoms with Crippen LogP contribution in [0.3, 0.4) is 0 Å². The lowest BCUT2D eigenvalue weighted by Gasteiger charge is -2.39. The Labute approximate surface area is 177 Å². The van der Waals surface area contributed by atoms with Crippen LogP contribution in [0.4, 0.5) is 0 Å². The number of rotatable bonds is 6. The molecule has 1 amide bonds. The van der Waals surface area contributed by atoms with Gasteiger partial charge in [0.25, 0.3) is 0 Å². The van der Waals surface area contributed by atoms with Crippen LogP contribution in [0.25, 0.3) is 0 Å². The van der Waals surface area contributed by atoms with E-state index in [-0.39, 0.29) is 5.91 Å². The lowest BCUT2D eigenvalue weighted by atomic mass is 9.84. The molecule has 1 unspecified atom stereocenters. The van der Waals surface area contributed by atoms with Crippen molar-refractivity contribution in [3.05, 3.63) is 89.5 Å². The molecule has 3 heterocycles. The smallest absolute Gasteiger partial charge is 0.248 e. The van der Waals surface area contributed by atoms with Gasteiger partial charge in [-0.05, 0) is 54.9 Å². The van der Waals surface area contributed by atoms with Crippen LogP contribution in [0.15, 0.2) is 67.1 Å². The molecule has 5 rings (SSSR count). The van der Waals surface area contributed by atoms with E-state index in [1.807, 2.05) is 24.5 Å². The average Bonchev–Trinajstić information content (AvgIpc) is 3.28. The van der Waals surface area contributed by atoms with Crippen LogP contribution in [0.5, 0.6) is 0 Å². The monoisotopic (exact) mass is 400 g/mol. The Morgan fingerprint density at radius 3 is 2.50 bits per heavy atom. The number of primary amides is 1. The summed E-state index contributed by atoms with van der Waals surface area (Å²) in [5.41, 5.74) is 9.80. The van der Waals surface area contributed by atoms with Crippen LogP contribution in [-0.4, -0.2) is 32.4 Å². The first kappa shape index (κ1) is 19.1. The summed E-state index contributed by atoms with van der Waals surface area (Å²) in [6.45, 7) is 1.78. The van der Waals surface area contributed by atoms with Gasteiger partial charge < -0.3 is 10.3 Å². The average molecular weight is 401 g/mol. The Morgan fingerprint density at radius 1 is 1.00 bits per heavy atom. The van der Waals surface area contributed by atoms with E-state index >= 15 is 0 Å². The molecular formula is C25H28N4O. The number of carbonyl (C=O) groups excluding carboxylic acids is 1. The molecule has 2 aliphatic heterocycles. The maximum absolute atomic E-state index is 11.6. The number of aromatic nitrogens is 2. The molecule has 2 bridgehead atoms. The topological polar surface area (TPSA) is 64.2 Å². The fourth-order valence-electron chi connectivity index (χ4n) is 5.31. The van der Waals surface area contributed by atoms with Gasteiger partial charge in [-0.2, -0.15) is 0 Å². The maximum atomic E-state index is 11.6. The van der Waals surface area contributed by atoms with E-state index in [0.29, 0.717) is 23.6 Å². The van der Waals surface area contributed by atoms with Crippen molar-refractivity contribution in [3.8, 4) is 0 Å². The zero-order valence-corrected chi connectivity index (χ0v) is 17.2. The molecule has 2 aliphatic rings. The van der Waals surface area contributed by atoms with Crippen LogP contribution in [-0.2, 0) is 13.1 Å². The molecule has 2 saturated heterocycles. The van der Waals surface area contributed by atoms with E-state index in [1.165, 1.54) is 24.0 Å². The largest absolute Gasteiger partial charge is 0.366 e. The first-order valence-electron chi connectivity index (χ1n) is 10.9. The lowest BCUT2D eigenvalue weighted by Crippen LogP contribution is -2.41. The van der Waals surface area contributed by atoms with Gasteiger partial charge in [-0.15, -0.1) is 0 Å². The van der Waals surface area contributed by atoms with Gasteiger partial charge in [0.2, 0.25) is 5.91 Å². The van der Waals surface area contributed by atoms with Gasteiger partial charge in [-0.25, -0.2) is 4.98 Å². The summed E-state index contributed by atoms with van der Waals surface area (Å²) in [4.78, 5) is 18.9. The molecule has 0 saturated carbocycles. The zero-order valence-electron chi connectivity index (χ0n) is 17.2. The number of piperidine rings is 1. The van der Waals surface area contributed by atoms with E-state index in [4.69, 9.17) is 5.73 Å². The number of carbonyl (C=O) groups is 1. The molecule has 3 aromatic rings. The molecule has 1 aromatic heterocycles. The van der Waals surface area contributed by atoms with Crippen molar-refractivity contribution < 1.29 is 4.79 Å². The van der Waals surface area contributed by atoms with E-state index in [1.54, 1.807) is 6.07 Å². The summed E-state index contributed by atoms with van der Waals surface area (Å²) < 4.78 is 2.18. The molecule has 0 spiro atoms. The molecule has 5 nitrogen and oxygen atoms in total. The molecular weight excluding hydrogens is 372 g/mol. The first-order valence-corrected chi connectivity index (χ1v) is 10.9. The Hall–Kier alpha value is -2.92. The third kappa shape index (κ3) is 3.90. The number of nitrogens with two attached hydrogens (primary N) is 1. The van der Waals surface area contributed by atoms with Crippen molar-refractivity contribution in [1.82, 2.24) is 14.5 Å². The van der Waals surface area contributed by atoms with Gasteiger partial charge in [0.15, 0.2) is 0 Å². The van der Waals surface area contributed by atoms with Crippen molar-refractivity contribution in [2.24, 2.45) is 5.73 Å². The summed E-state index contributed by atoms with van der Waals surface area (Å²) in [5.74, 6) is 0.164. The predicted molar refractivity (Wildman–Crippen MR) is 117 cm³/mol. The number of hydrogen-bond acceptors (Lipinski definition) is 3. The Kier molecular flexibility index (Phi) is 5.13. The highest BCUT2D eigenvalue weighted by Crippen LogP contribution is 2.43. The SMILES string of the molecule is NC(=O)c1cccc(C2C[C@H]3CC[C@@H](C2)N3Cc2cn(Cc3ccccc3)cn2)c1. The standard InChI is InChI=1S/C25H28N4O/c26-25(30)20-8-4-7-19(11-20)21-12-23-9-10-24(13-21)29(23)16-22-15-28(17-27-22)14-18-5-2-1-3-6-18/h1-8,11,15,17,21,23-24H,9-10,12-14,16H2,(H2,26,30)/t21?,23-,24+. The minimum Gasteiger partial charge on any atom is -0.366 e. The predicted octanol–water partition coefficient (Wildman–Crippen LogP) is 3.94.